The molecule has 1 saturated heterocycles. The van der Waals surface area contributed by atoms with E-state index in [0.717, 1.165) is 37.7 Å². The Morgan fingerprint density at radius 3 is 3.05 bits per heavy atom. The van der Waals surface area contributed by atoms with Gasteiger partial charge in [-0.05, 0) is 37.9 Å². The van der Waals surface area contributed by atoms with Gasteiger partial charge in [-0.25, -0.2) is 9.97 Å². The fourth-order valence-electron chi connectivity index (χ4n) is 2.71. The molecule has 0 aliphatic carbocycles. The highest BCUT2D eigenvalue weighted by Crippen LogP contribution is 2.25. The van der Waals surface area contributed by atoms with Gasteiger partial charge in [0.05, 0.1) is 0 Å². The van der Waals surface area contributed by atoms with Crippen molar-refractivity contribution in [1.82, 2.24) is 25.1 Å². The highest BCUT2D eigenvalue weighted by Gasteiger charge is 2.24. The molecule has 0 aromatic carbocycles. The largest absolute Gasteiger partial charge is 0.298 e. The normalized spacial score (nSPS) is 20.2. The van der Waals surface area contributed by atoms with E-state index in [1.165, 1.54) is 12.0 Å². The second-order valence-electron chi connectivity index (χ2n) is 5.34. The van der Waals surface area contributed by atoms with Crippen molar-refractivity contribution in [2.45, 2.75) is 32.2 Å². The van der Waals surface area contributed by atoms with E-state index >= 15 is 0 Å². The van der Waals surface area contributed by atoms with Gasteiger partial charge >= 0.3 is 0 Å². The number of pyridine rings is 1. The SMILES string of the molecule is Cc1nc([C@@H]2CCCN(Cc3ccc(Cl)nc3)C2)n[nH]1. The number of likely N-dealkylation sites (tertiary alicyclic amines) is 1. The van der Waals surface area contributed by atoms with Gasteiger partial charge in [0.1, 0.15) is 11.0 Å². The third-order valence-electron chi connectivity index (χ3n) is 3.68. The summed E-state index contributed by atoms with van der Waals surface area (Å²) in [5.41, 5.74) is 1.20. The lowest BCUT2D eigenvalue weighted by Gasteiger charge is -2.31. The number of aryl methyl sites for hydroxylation is 1. The highest BCUT2D eigenvalue weighted by atomic mass is 35.5. The van der Waals surface area contributed by atoms with Crippen molar-refractivity contribution in [1.29, 1.82) is 0 Å². The van der Waals surface area contributed by atoms with Gasteiger partial charge < -0.3 is 0 Å². The zero-order chi connectivity index (χ0) is 13.9. The van der Waals surface area contributed by atoms with Gasteiger partial charge in [-0.3, -0.25) is 10.00 Å². The average Bonchev–Trinajstić information content (AvgIpc) is 2.89. The van der Waals surface area contributed by atoms with Gasteiger partial charge in [-0.15, -0.1) is 0 Å². The molecule has 1 atom stereocenters. The van der Waals surface area contributed by atoms with Crippen LogP contribution in [-0.2, 0) is 6.54 Å². The summed E-state index contributed by atoms with van der Waals surface area (Å²) in [7, 11) is 0. The molecule has 0 saturated carbocycles. The molecule has 3 heterocycles. The molecule has 0 amide bonds. The molecule has 5 nitrogen and oxygen atoms in total. The lowest BCUT2D eigenvalue weighted by atomic mass is 9.97. The Hall–Kier alpha value is -1.46. The van der Waals surface area contributed by atoms with E-state index in [0.29, 0.717) is 11.1 Å². The predicted molar refractivity (Wildman–Crippen MR) is 77.6 cm³/mol. The van der Waals surface area contributed by atoms with E-state index in [4.69, 9.17) is 11.6 Å². The van der Waals surface area contributed by atoms with Crippen LogP contribution in [0.4, 0.5) is 0 Å². The van der Waals surface area contributed by atoms with E-state index in [1.54, 1.807) is 0 Å². The van der Waals surface area contributed by atoms with Crippen LogP contribution >= 0.6 is 11.6 Å². The molecule has 2 aromatic heterocycles. The van der Waals surface area contributed by atoms with Crippen molar-refractivity contribution in [3.63, 3.8) is 0 Å². The molecular formula is C14H18ClN5. The van der Waals surface area contributed by atoms with Gasteiger partial charge in [0, 0.05) is 25.2 Å². The number of aromatic nitrogens is 4. The molecule has 106 valence electrons. The first-order valence-corrected chi connectivity index (χ1v) is 7.30. The second-order valence-corrected chi connectivity index (χ2v) is 5.73. The summed E-state index contributed by atoms with van der Waals surface area (Å²) in [4.78, 5) is 11.0. The fraction of sp³-hybridized carbons (Fsp3) is 0.500. The number of hydrogen-bond donors (Lipinski definition) is 1. The van der Waals surface area contributed by atoms with Crippen LogP contribution in [0.25, 0.3) is 0 Å². The minimum atomic E-state index is 0.425. The topological polar surface area (TPSA) is 57.7 Å². The smallest absolute Gasteiger partial charge is 0.155 e. The number of aromatic amines is 1. The van der Waals surface area contributed by atoms with Gasteiger partial charge in [-0.1, -0.05) is 17.7 Å². The number of H-pyrrole nitrogens is 1. The number of nitrogens with zero attached hydrogens (tertiary/aromatic N) is 4. The summed E-state index contributed by atoms with van der Waals surface area (Å²) in [6.07, 6.45) is 4.19. The monoisotopic (exact) mass is 291 g/mol. The Labute approximate surface area is 123 Å². The summed E-state index contributed by atoms with van der Waals surface area (Å²) in [5, 5.41) is 7.78. The van der Waals surface area contributed by atoms with Crippen molar-refractivity contribution >= 4 is 11.6 Å². The molecule has 20 heavy (non-hydrogen) atoms. The molecule has 0 radical (unpaired) electrons. The van der Waals surface area contributed by atoms with Crippen LogP contribution in [0.15, 0.2) is 18.3 Å². The summed E-state index contributed by atoms with van der Waals surface area (Å²) in [5.74, 6) is 2.26. The van der Waals surface area contributed by atoms with Crippen LogP contribution in [0.2, 0.25) is 5.15 Å². The lowest BCUT2D eigenvalue weighted by molar-refractivity contribution is 0.196. The summed E-state index contributed by atoms with van der Waals surface area (Å²) in [6.45, 7) is 4.96. The standard InChI is InChI=1S/C14H18ClN5/c1-10-17-14(19-18-10)12-3-2-6-20(9-12)8-11-4-5-13(15)16-7-11/h4-5,7,12H,2-3,6,8-9H2,1H3,(H,17,18,19)/t12-/m1/s1. The molecular weight excluding hydrogens is 274 g/mol. The van der Waals surface area contributed by atoms with E-state index < -0.39 is 0 Å². The van der Waals surface area contributed by atoms with Crippen molar-refractivity contribution in [3.05, 3.63) is 40.7 Å². The van der Waals surface area contributed by atoms with Gasteiger partial charge in [0.15, 0.2) is 5.82 Å². The zero-order valence-electron chi connectivity index (χ0n) is 11.5. The van der Waals surface area contributed by atoms with Crippen molar-refractivity contribution in [2.24, 2.45) is 0 Å². The molecule has 3 rings (SSSR count). The first kappa shape index (κ1) is 13.5. The van der Waals surface area contributed by atoms with E-state index in [1.807, 2.05) is 25.3 Å². The first-order valence-electron chi connectivity index (χ1n) is 6.92. The quantitative estimate of drug-likeness (QED) is 0.883. The van der Waals surface area contributed by atoms with Crippen molar-refractivity contribution in [3.8, 4) is 0 Å². The summed E-state index contributed by atoms with van der Waals surface area (Å²) < 4.78 is 0. The maximum Gasteiger partial charge on any atom is 0.155 e. The van der Waals surface area contributed by atoms with Crippen LogP contribution in [0.5, 0.6) is 0 Å². The number of halogens is 1. The summed E-state index contributed by atoms with van der Waals surface area (Å²) in [6, 6.07) is 3.88. The number of hydrogen-bond acceptors (Lipinski definition) is 4. The summed E-state index contributed by atoms with van der Waals surface area (Å²) >= 11 is 5.82. The molecule has 1 N–H and O–H groups in total. The van der Waals surface area contributed by atoms with E-state index in [-0.39, 0.29) is 0 Å². The van der Waals surface area contributed by atoms with E-state index in [2.05, 4.69) is 25.1 Å². The van der Waals surface area contributed by atoms with Crippen LogP contribution in [0.1, 0.15) is 36.0 Å². The van der Waals surface area contributed by atoms with Gasteiger partial charge in [0.2, 0.25) is 0 Å². The average molecular weight is 292 g/mol. The molecule has 1 aliphatic heterocycles. The maximum absolute atomic E-state index is 5.82. The van der Waals surface area contributed by atoms with Crippen molar-refractivity contribution in [2.75, 3.05) is 13.1 Å². The van der Waals surface area contributed by atoms with Crippen molar-refractivity contribution < 1.29 is 0 Å². The molecule has 1 fully saturated rings. The second kappa shape index (κ2) is 5.89. The Morgan fingerprint density at radius 1 is 1.45 bits per heavy atom. The van der Waals surface area contributed by atoms with Crippen LogP contribution in [0.3, 0.4) is 0 Å². The first-order chi connectivity index (χ1) is 9.70. The third-order valence-corrected chi connectivity index (χ3v) is 3.90. The maximum atomic E-state index is 5.82. The fourth-order valence-corrected chi connectivity index (χ4v) is 2.82. The van der Waals surface area contributed by atoms with Crippen LogP contribution in [-0.4, -0.2) is 38.2 Å². The zero-order valence-corrected chi connectivity index (χ0v) is 12.3. The molecule has 0 bridgehead atoms. The van der Waals surface area contributed by atoms with Gasteiger partial charge in [-0.2, -0.15) is 5.10 Å². The predicted octanol–water partition coefficient (Wildman–Crippen LogP) is 2.54. The molecule has 0 unspecified atom stereocenters. The number of nitrogens with one attached hydrogen (secondary N) is 1. The number of piperidine rings is 1. The van der Waals surface area contributed by atoms with E-state index in [9.17, 15) is 0 Å². The molecule has 1 aliphatic rings. The molecule has 0 spiro atoms. The van der Waals surface area contributed by atoms with Gasteiger partial charge in [0.25, 0.3) is 0 Å². The minimum absolute atomic E-state index is 0.425. The Balaban J connectivity index is 1.64. The molecule has 2 aromatic rings. The third kappa shape index (κ3) is 3.16. The van der Waals surface area contributed by atoms with Crippen LogP contribution in [0, 0.1) is 6.92 Å². The van der Waals surface area contributed by atoms with Crippen LogP contribution < -0.4 is 0 Å². The minimum Gasteiger partial charge on any atom is -0.298 e. The Kier molecular flexibility index (Phi) is 3.98. The Morgan fingerprint density at radius 2 is 2.35 bits per heavy atom. The lowest BCUT2D eigenvalue weighted by Crippen LogP contribution is -2.34. The highest BCUT2D eigenvalue weighted by molar-refractivity contribution is 6.29. The Bertz CT molecular complexity index is 565. The number of rotatable bonds is 3. The molecule has 6 heteroatoms.